The zero-order valence-corrected chi connectivity index (χ0v) is 15.8. The summed E-state index contributed by atoms with van der Waals surface area (Å²) in [5.74, 6) is 0.670. The third kappa shape index (κ3) is 4.31. The molecule has 3 rings (SSSR count). The monoisotopic (exact) mass is 366 g/mol. The van der Waals surface area contributed by atoms with E-state index in [1.54, 1.807) is 12.3 Å². The molecule has 0 atom stereocenters. The smallest absolute Gasteiger partial charge is 0.251 e. The van der Waals surface area contributed by atoms with Gasteiger partial charge in [0.2, 0.25) is 17.7 Å². The first kappa shape index (κ1) is 18.6. The van der Waals surface area contributed by atoms with Gasteiger partial charge in [0.25, 0.3) is 5.56 Å². The van der Waals surface area contributed by atoms with Gasteiger partial charge in [0, 0.05) is 23.9 Å². The quantitative estimate of drug-likeness (QED) is 0.748. The molecule has 0 fully saturated rings. The molecule has 1 N–H and O–H groups in total. The van der Waals surface area contributed by atoms with E-state index < -0.39 is 0 Å². The first-order valence-corrected chi connectivity index (χ1v) is 8.75. The van der Waals surface area contributed by atoms with E-state index in [9.17, 15) is 9.59 Å². The van der Waals surface area contributed by atoms with Crippen molar-refractivity contribution in [3.05, 3.63) is 63.9 Å². The summed E-state index contributed by atoms with van der Waals surface area (Å²) in [5.41, 5.74) is 3.25. The molecule has 7 heteroatoms. The van der Waals surface area contributed by atoms with Crippen molar-refractivity contribution >= 4 is 11.6 Å². The molecule has 0 bridgehead atoms. The molecule has 7 nitrogen and oxygen atoms in total. The first-order valence-electron chi connectivity index (χ1n) is 8.75. The van der Waals surface area contributed by atoms with Gasteiger partial charge in [-0.2, -0.15) is 0 Å². The lowest BCUT2D eigenvalue weighted by atomic mass is 10.1. The van der Waals surface area contributed by atoms with Gasteiger partial charge in [0.15, 0.2) is 0 Å². The highest BCUT2D eigenvalue weighted by Gasteiger charge is 2.13. The topological polar surface area (TPSA) is 90.0 Å². The van der Waals surface area contributed by atoms with Crippen molar-refractivity contribution < 1.29 is 9.21 Å². The Balaban J connectivity index is 1.78. The van der Waals surface area contributed by atoms with Crippen LogP contribution < -0.4 is 10.9 Å². The van der Waals surface area contributed by atoms with E-state index in [1.165, 1.54) is 10.6 Å². The molecule has 0 spiro atoms. The van der Waals surface area contributed by atoms with Gasteiger partial charge in [-0.15, -0.1) is 10.2 Å². The van der Waals surface area contributed by atoms with E-state index in [-0.39, 0.29) is 23.9 Å². The molecule has 3 aromatic rings. The third-order valence-corrected chi connectivity index (χ3v) is 4.27. The Morgan fingerprint density at radius 1 is 1.15 bits per heavy atom. The zero-order chi connectivity index (χ0) is 19.6. The van der Waals surface area contributed by atoms with E-state index in [0.717, 1.165) is 11.1 Å². The number of amides is 1. The first-order chi connectivity index (χ1) is 12.8. The van der Waals surface area contributed by atoms with Crippen LogP contribution in [0.3, 0.4) is 0 Å². The Kier molecular flexibility index (Phi) is 5.21. The molecule has 27 heavy (non-hydrogen) atoms. The van der Waals surface area contributed by atoms with Gasteiger partial charge in [0.05, 0.1) is 5.56 Å². The van der Waals surface area contributed by atoms with Gasteiger partial charge in [0.1, 0.15) is 6.54 Å². The molecule has 1 aromatic carbocycles. The molecule has 0 saturated heterocycles. The number of aryl methyl sites for hydroxylation is 2. The molecular weight excluding hydrogens is 344 g/mol. The van der Waals surface area contributed by atoms with Crippen molar-refractivity contribution in [2.75, 3.05) is 5.32 Å². The summed E-state index contributed by atoms with van der Waals surface area (Å²) in [5, 5.41) is 10.8. The Morgan fingerprint density at radius 3 is 2.59 bits per heavy atom. The molecule has 140 valence electrons. The maximum absolute atomic E-state index is 12.3. The standard InChI is InChI=1S/C20H22N4O3/c1-12(2)19-22-23-20(27-19)15-6-8-18(26)24(10-15)11-17(25)21-16-7-5-13(3)14(4)9-16/h5-10,12H,11H2,1-4H3,(H,21,25). The minimum atomic E-state index is -0.286. The lowest BCUT2D eigenvalue weighted by Gasteiger charge is -2.09. The summed E-state index contributed by atoms with van der Waals surface area (Å²) in [6.45, 7) is 7.79. The second-order valence-electron chi connectivity index (χ2n) is 6.83. The van der Waals surface area contributed by atoms with Gasteiger partial charge in [-0.25, -0.2) is 0 Å². The second kappa shape index (κ2) is 7.57. The molecule has 0 radical (unpaired) electrons. The summed E-state index contributed by atoms with van der Waals surface area (Å²) in [7, 11) is 0. The SMILES string of the molecule is Cc1ccc(NC(=O)Cn2cc(-c3nnc(C(C)C)o3)ccc2=O)cc1C. The van der Waals surface area contributed by atoms with Crippen LogP contribution in [0.4, 0.5) is 5.69 Å². The number of carbonyl (C=O) groups excluding carboxylic acids is 1. The van der Waals surface area contributed by atoms with Crippen molar-refractivity contribution in [3.63, 3.8) is 0 Å². The zero-order valence-electron chi connectivity index (χ0n) is 15.8. The van der Waals surface area contributed by atoms with Crippen LogP contribution in [0.15, 0.2) is 45.7 Å². The van der Waals surface area contributed by atoms with Crippen LogP contribution >= 0.6 is 0 Å². The number of nitrogens with one attached hydrogen (secondary N) is 1. The summed E-state index contributed by atoms with van der Waals surface area (Å²) in [4.78, 5) is 24.5. The molecule has 0 aliphatic rings. The number of pyridine rings is 1. The van der Waals surface area contributed by atoms with Gasteiger partial charge < -0.3 is 14.3 Å². The van der Waals surface area contributed by atoms with Crippen molar-refractivity contribution in [1.82, 2.24) is 14.8 Å². The average Bonchev–Trinajstić information content (AvgIpc) is 3.10. The van der Waals surface area contributed by atoms with E-state index in [4.69, 9.17) is 4.42 Å². The largest absolute Gasteiger partial charge is 0.420 e. The van der Waals surface area contributed by atoms with Crippen LogP contribution in [0.2, 0.25) is 0 Å². The number of carbonyl (C=O) groups is 1. The summed E-state index contributed by atoms with van der Waals surface area (Å²) in [6, 6.07) is 8.68. The Labute approximate surface area is 157 Å². The molecule has 2 heterocycles. The van der Waals surface area contributed by atoms with Crippen LogP contribution in [-0.2, 0) is 11.3 Å². The van der Waals surface area contributed by atoms with Gasteiger partial charge >= 0.3 is 0 Å². The summed E-state index contributed by atoms with van der Waals surface area (Å²) < 4.78 is 6.94. The third-order valence-electron chi connectivity index (χ3n) is 4.27. The van der Waals surface area contributed by atoms with Crippen molar-refractivity contribution in [2.45, 2.75) is 40.2 Å². The molecular formula is C20H22N4O3. The van der Waals surface area contributed by atoms with Crippen LogP contribution in [-0.4, -0.2) is 20.7 Å². The molecule has 1 amide bonds. The number of hydrogen-bond acceptors (Lipinski definition) is 5. The Bertz CT molecular complexity index is 1030. The van der Waals surface area contributed by atoms with E-state index in [2.05, 4.69) is 15.5 Å². The molecule has 0 aliphatic carbocycles. The van der Waals surface area contributed by atoms with Crippen molar-refractivity contribution in [1.29, 1.82) is 0 Å². The maximum atomic E-state index is 12.3. The number of anilines is 1. The van der Waals surface area contributed by atoms with Gasteiger partial charge in [-0.1, -0.05) is 19.9 Å². The van der Waals surface area contributed by atoms with Crippen LogP contribution in [0.1, 0.15) is 36.8 Å². The summed E-state index contributed by atoms with van der Waals surface area (Å²) in [6.07, 6.45) is 1.56. The predicted octanol–water partition coefficient (Wildman–Crippen LogP) is 3.28. The minimum absolute atomic E-state index is 0.106. The van der Waals surface area contributed by atoms with E-state index in [1.807, 2.05) is 45.9 Å². The van der Waals surface area contributed by atoms with Crippen LogP contribution in [0, 0.1) is 13.8 Å². The van der Waals surface area contributed by atoms with Crippen molar-refractivity contribution in [2.24, 2.45) is 0 Å². The number of nitrogens with zero attached hydrogens (tertiary/aromatic N) is 3. The Hall–Kier alpha value is -3.22. The predicted molar refractivity (Wildman–Crippen MR) is 103 cm³/mol. The lowest BCUT2D eigenvalue weighted by molar-refractivity contribution is -0.116. The van der Waals surface area contributed by atoms with E-state index in [0.29, 0.717) is 23.0 Å². The normalized spacial score (nSPS) is 11.0. The summed E-state index contributed by atoms with van der Waals surface area (Å²) >= 11 is 0. The van der Waals surface area contributed by atoms with Crippen molar-refractivity contribution in [3.8, 4) is 11.5 Å². The Morgan fingerprint density at radius 2 is 1.93 bits per heavy atom. The molecule has 0 unspecified atom stereocenters. The second-order valence-corrected chi connectivity index (χ2v) is 6.83. The number of hydrogen-bond donors (Lipinski definition) is 1. The maximum Gasteiger partial charge on any atom is 0.251 e. The van der Waals surface area contributed by atoms with Crippen LogP contribution in [0.5, 0.6) is 0 Å². The van der Waals surface area contributed by atoms with E-state index >= 15 is 0 Å². The number of rotatable bonds is 5. The number of aromatic nitrogens is 3. The molecule has 2 aromatic heterocycles. The highest BCUT2D eigenvalue weighted by molar-refractivity contribution is 5.90. The molecule has 0 aliphatic heterocycles. The molecule has 0 saturated carbocycles. The fraction of sp³-hybridized carbons (Fsp3) is 0.300. The number of benzene rings is 1. The highest BCUT2D eigenvalue weighted by atomic mass is 16.4. The lowest BCUT2D eigenvalue weighted by Crippen LogP contribution is -2.26. The van der Waals surface area contributed by atoms with Crippen LogP contribution in [0.25, 0.3) is 11.5 Å². The highest BCUT2D eigenvalue weighted by Crippen LogP contribution is 2.20. The minimum Gasteiger partial charge on any atom is -0.420 e. The fourth-order valence-electron chi connectivity index (χ4n) is 2.54. The average molecular weight is 366 g/mol. The van der Waals surface area contributed by atoms with Gasteiger partial charge in [-0.3, -0.25) is 9.59 Å². The van der Waals surface area contributed by atoms with Gasteiger partial charge in [-0.05, 0) is 43.2 Å². The fourth-order valence-corrected chi connectivity index (χ4v) is 2.54.